The number of unbranched alkanes of at least 4 members (excludes halogenated alkanes) is 1. The van der Waals surface area contributed by atoms with Crippen LogP contribution in [0.2, 0.25) is 0 Å². The molecule has 7 heteroatoms. The van der Waals surface area contributed by atoms with E-state index in [4.69, 9.17) is 5.10 Å². The van der Waals surface area contributed by atoms with Crippen LogP contribution >= 0.6 is 23.5 Å². The van der Waals surface area contributed by atoms with Crippen molar-refractivity contribution in [2.75, 3.05) is 18.8 Å². The lowest BCUT2D eigenvalue weighted by Gasteiger charge is -2.30. The fourth-order valence-corrected chi connectivity index (χ4v) is 6.30. The number of aromatic nitrogens is 2. The van der Waals surface area contributed by atoms with Crippen molar-refractivity contribution >= 4 is 40.7 Å². The lowest BCUT2D eigenvalue weighted by molar-refractivity contribution is -0.113. The molecule has 0 unspecified atom stereocenters. The number of hydrogen-bond donors (Lipinski definition) is 0. The number of likely N-dealkylation sites (tertiary alicyclic amines) is 1. The third-order valence-corrected chi connectivity index (χ3v) is 8.75. The molecule has 2 aliphatic heterocycles. The third-order valence-electron chi connectivity index (χ3n) is 6.61. The minimum absolute atomic E-state index is 0.158. The fourth-order valence-electron chi connectivity index (χ4n) is 4.35. The minimum atomic E-state index is -0.158. The number of aliphatic imine (C=N–C) groups is 1. The maximum absolute atomic E-state index is 12.9. The number of amides is 1. The number of amidine groups is 1. The van der Waals surface area contributed by atoms with Crippen molar-refractivity contribution in [1.29, 1.82) is 0 Å². The van der Waals surface area contributed by atoms with Gasteiger partial charge in [0.2, 0.25) is 0 Å². The van der Waals surface area contributed by atoms with Crippen molar-refractivity contribution in [3.05, 3.63) is 71.3 Å². The molecule has 2 aliphatic rings. The Balaban J connectivity index is 1.43. The number of piperidine rings is 1. The molecule has 1 saturated heterocycles. The summed E-state index contributed by atoms with van der Waals surface area (Å²) in [6.45, 7) is 6.44. The Bertz CT molecular complexity index is 1260. The Morgan fingerprint density at radius 3 is 2.56 bits per heavy atom. The van der Waals surface area contributed by atoms with Crippen LogP contribution in [0.3, 0.4) is 0 Å². The zero-order valence-corrected chi connectivity index (χ0v) is 22.5. The molecule has 0 spiro atoms. The predicted octanol–water partition coefficient (Wildman–Crippen LogP) is 7.13. The molecule has 0 radical (unpaired) electrons. The summed E-state index contributed by atoms with van der Waals surface area (Å²) in [7, 11) is 0. The highest BCUT2D eigenvalue weighted by molar-refractivity contribution is 8.18. The van der Waals surface area contributed by atoms with Gasteiger partial charge in [-0.05, 0) is 73.0 Å². The van der Waals surface area contributed by atoms with Crippen molar-refractivity contribution in [2.45, 2.75) is 44.4 Å². The van der Waals surface area contributed by atoms with Gasteiger partial charge in [0, 0.05) is 35.3 Å². The van der Waals surface area contributed by atoms with Crippen LogP contribution in [0, 0.1) is 5.92 Å². The van der Waals surface area contributed by atoms with E-state index in [9.17, 15) is 4.79 Å². The van der Waals surface area contributed by atoms with E-state index in [1.165, 1.54) is 29.5 Å². The predicted molar refractivity (Wildman–Crippen MR) is 153 cm³/mol. The van der Waals surface area contributed by atoms with Gasteiger partial charge in [0.05, 0.1) is 16.3 Å². The molecule has 0 bridgehead atoms. The van der Waals surface area contributed by atoms with Gasteiger partial charge in [-0.3, -0.25) is 4.79 Å². The molecule has 5 rings (SSSR count). The van der Waals surface area contributed by atoms with Crippen LogP contribution < -0.4 is 0 Å². The topological polar surface area (TPSA) is 50.5 Å². The van der Waals surface area contributed by atoms with Gasteiger partial charge in [-0.1, -0.05) is 50.6 Å². The van der Waals surface area contributed by atoms with Crippen molar-refractivity contribution in [1.82, 2.24) is 14.7 Å². The van der Waals surface area contributed by atoms with E-state index in [1.807, 2.05) is 59.0 Å². The van der Waals surface area contributed by atoms with Gasteiger partial charge < -0.3 is 4.90 Å². The quantitative estimate of drug-likeness (QED) is 0.190. The summed E-state index contributed by atoms with van der Waals surface area (Å²) in [4.78, 5) is 21.4. The van der Waals surface area contributed by atoms with E-state index < -0.39 is 0 Å². The molecule has 3 heterocycles. The maximum atomic E-state index is 12.9. The highest BCUT2D eigenvalue weighted by Crippen LogP contribution is 2.35. The first kappa shape index (κ1) is 24.9. The fraction of sp³-hybridized carbons (Fsp3) is 0.345. The number of rotatable bonds is 7. The summed E-state index contributed by atoms with van der Waals surface area (Å²) >= 11 is 3.38. The first-order chi connectivity index (χ1) is 17.6. The van der Waals surface area contributed by atoms with Crippen LogP contribution in [0.5, 0.6) is 0 Å². The summed E-state index contributed by atoms with van der Waals surface area (Å²) in [6.07, 6.45) is 8.69. The normalized spacial score (nSPS) is 17.7. The van der Waals surface area contributed by atoms with Crippen molar-refractivity contribution in [3.63, 3.8) is 0 Å². The van der Waals surface area contributed by atoms with Crippen LogP contribution in [-0.4, -0.2) is 44.6 Å². The molecule has 1 fully saturated rings. The van der Waals surface area contributed by atoms with Crippen molar-refractivity contribution in [2.24, 2.45) is 10.9 Å². The summed E-state index contributed by atoms with van der Waals surface area (Å²) in [6, 6.07) is 18.7. The number of nitrogens with zero attached hydrogens (tertiary/aromatic N) is 4. The molecule has 1 aromatic heterocycles. The molecule has 186 valence electrons. The second-order valence-electron chi connectivity index (χ2n) is 9.42. The second kappa shape index (κ2) is 11.5. The van der Waals surface area contributed by atoms with Gasteiger partial charge >= 0.3 is 0 Å². The van der Waals surface area contributed by atoms with E-state index >= 15 is 0 Å². The number of carbonyl (C=O) groups excluding carboxylic acids is 1. The minimum Gasteiger partial charge on any atom is -0.351 e. The van der Waals surface area contributed by atoms with Crippen LogP contribution in [0.1, 0.15) is 45.1 Å². The zero-order chi connectivity index (χ0) is 24.9. The third kappa shape index (κ3) is 5.79. The van der Waals surface area contributed by atoms with Gasteiger partial charge in [-0.25, -0.2) is 4.68 Å². The molecule has 0 aliphatic carbocycles. The van der Waals surface area contributed by atoms with Crippen LogP contribution in [0.25, 0.3) is 23.0 Å². The monoisotopic (exact) mass is 516 g/mol. The number of carbonyl (C=O) groups is 1. The van der Waals surface area contributed by atoms with E-state index in [0.29, 0.717) is 4.91 Å². The molecule has 0 saturated carbocycles. The maximum Gasteiger partial charge on any atom is 0.286 e. The Labute approximate surface area is 222 Å². The SMILES string of the molecule is CCCCSc1ccc(-c2nn(-c3ccccc3)cc2C=C2SC(N3CCC(C)CC3)=NC2=O)cc1. The summed E-state index contributed by atoms with van der Waals surface area (Å²) in [5.74, 6) is 1.71. The lowest BCUT2D eigenvalue weighted by Crippen LogP contribution is -2.35. The largest absolute Gasteiger partial charge is 0.351 e. The summed E-state index contributed by atoms with van der Waals surface area (Å²) in [5, 5.41) is 5.77. The average Bonchev–Trinajstić information content (AvgIpc) is 3.49. The van der Waals surface area contributed by atoms with Crippen LogP contribution in [0.15, 0.2) is 75.6 Å². The van der Waals surface area contributed by atoms with E-state index in [2.05, 4.69) is 48.0 Å². The van der Waals surface area contributed by atoms with Gasteiger partial charge in [0.25, 0.3) is 5.91 Å². The first-order valence-corrected chi connectivity index (χ1v) is 14.6. The summed E-state index contributed by atoms with van der Waals surface area (Å²) < 4.78 is 1.89. The molecule has 0 N–H and O–H groups in total. The van der Waals surface area contributed by atoms with Crippen LogP contribution in [-0.2, 0) is 4.79 Å². The Hall–Kier alpha value is -2.77. The molecule has 36 heavy (non-hydrogen) atoms. The highest BCUT2D eigenvalue weighted by Gasteiger charge is 2.28. The van der Waals surface area contributed by atoms with E-state index in [1.54, 1.807) is 0 Å². The summed E-state index contributed by atoms with van der Waals surface area (Å²) in [5.41, 5.74) is 3.81. The Morgan fingerprint density at radius 2 is 1.83 bits per heavy atom. The van der Waals surface area contributed by atoms with Gasteiger partial charge in [0.15, 0.2) is 5.17 Å². The first-order valence-electron chi connectivity index (χ1n) is 12.8. The molecular formula is C29H32N4OS2. The van der Waals surface area contributed by atoms with E-state index in [-0.39, 0.29) is 5.91 Å². The standard InChI is InChI=1S/C29H32N4OS2/c1-3-4-18-35-25-12-10-22(11-13-25)27-23(20-33(31-27)24-8-6-5-7-9-24)19-26-28(34)30-29(36-26)32-16-14-21(2)15-17-32/h5-13,19-21H,3-4,14-18H2,1-2H3. The van der Waals surface area contributed by atoms with Gasteiger partial charge in [-0.2, -0.15) is 10.1 Å². The van der Waals surface area contributed by atoms with Crippen LogP contribution in [0.4, 0.5) is 0 Å². The Kier molecular flexibility index (Phi) is 7.97. The lowest BCUT2D eigenvalue weighted by atomic mass is 10.00. The number of thioether (sulfide) groups is 2. The van der Waals surface area contributed by atoms with Crippen molar-refractivity contribution in [3.8, 4) is 16.9 Å². The Morgan fingerprint density at radius 1 is 1.08 bits per heavy atom. The van der Waals surface area contributed by atoms with Crippen molar-refractivity contribution < 1.29 is 4.79 Å². The highest BCUT2D eigenvalue weighted by atomic mass is 32.2. The second-order valence-corrected chi connectivity index (χ2v) is 11.6. The average molecular weight is 517 g/mol. The number of hydrogen-bond acceptors (Lipinski definition) is 5. The number of benzene rings is 2. The molecular weight excluding hydrogens is 484 g/mol. The zero-order valence-electron chi connectivity index (χ0n) is 20.9. The van der Waals surface area contributed by atoms with Gasteiger partial charge in [-0.15, -0.1) is 11.8 Å². The molecule has 1 amide bonds. The van der Waals surface area contributed by atoms with E-state index in [0.717, 1.165) is 65.3 Å². The van der Waals surface area contributed by atoms with Gasteiger partial charge in [0.1, 0.15) is 0 Å². The number of para-hydroxylation sites is 1. The molecule has 0 atom stereocenters. The molecule has 2 aromatic carbocycles. The molecule has 5 nitrogen and oxygen atoms in total. The smallest absolute Gasteiger partial charge is 0.286 e. The molecule has 3 aromatic rings.